The third-order valence-corrected chi connectivity index (χ3v) is 7.93. The maximum absolute atomic E-state index is 9.20. The Kier molecular flexibility index (Phi) is 18.5. The molecule has 0 saturated carbocycles. The molecule has 0 aromatic heterocycles. The van der Waals surface area contributed by atoms with Crippen LogP contribution in [0.3, 0.4) is 0 Å². The largest absolute Gasteiger partial charge is 0.509 e. The zero-order valence-electron chi connectivity index (χ0n) is 32.1. The van der Waals surface area contributed by atoms with Crippen LogP contribution in [-0.4, -0.2) is 20.4 Å². The topological polar surface area (TPSA) is 80.9 Å². The van der Waals surface area contributed by atoms with Crippen LogP contribution in [-0.2, 0) is 12.8 Å². The van der Waals surface area contributed by atoms with Gasteiger partial charge in [0.2, 0.25) is 0 Å². The summed E-state index contributed by atoms with van der Waals surface area (Å²) in [6.45, 7) is 31.9. The number of rotatable bonds is 3. The lowest BCUT2D eigenvalue weighted by molar-refractivity contribution is 0.157. The zero-order chi connectivity index (χ0) is 37.3. The molecule has 4 heteroatoms. The highest BCUT2D eigenvalue weighted by atomic mass is 16.3. The van der Waals surface area contributed by atoms with Gasteiger partial charge in [0.25, 0.3) is 0 Å². The van der Waals surface area contributed by atoms with E-state index >= 15 is 0 Å². The van der Waals surface area contributed by atoms with Crippen molar-refractivity contribution in [2.45, 2.75) is 103 Å². The Bertz CT molecular complexity index is 1590. The molecule has 0 amide bonds. The first-order chi connectivity index (χ1) is 22.1. The molecule has 48 heavy (non-hydrogen) atoms. The van der Waals surface area contributed by atoms with Crippen LogP contribution in [0.1, 0.15) is 101 Å². The second-order valence-electron chi connectivity index (χ2n) is 14.9. The molecule has 4 aromatic rings. The Labute approximate surface area is 291 Å². The first kappa shape index (κ1) is 43.8. The Balaban J connectivity index is 0.000000611. The van der Waals surface area contributed by atoms with Crippen LogP contribution in [0.5, 0.6) is 17.2 Å². The van der Waals surface area contributed by atoms with Crippen molar-refractivity contribution in [3.05, 3.63) is 113 Å². The van der Waals surface area contributed by atoms with Crippen molar-refractivity contribution in [2.24, 2.45) is 16.2 Å². The molecule has 0 heterocycles. The molecule has 264 valence electrons. The predicted octanol–water partition coefficient (Wildman–Crippen LogP) is 11.2. The molecule has 0 spiro atoms. The Morgan fingerprint density at radius 2 is 1.02 bits per heavy atom. The number of phenolic OH excluding ortho intramolecular Hbond substituents is 3. The average molecular weight is 657 g/mol. The van der Waals surface area contributed by atoms with Gasteiger partial charge in [0.15, 0.2) is 0 Å². The van der Waals surface area contributed by atoms with Crippen LogP contribution in [0.4, 0.5) is 0 Å². The van der Waals surface area contributed by atoms with Gasteiger partial charge in [-0.15, -0.1) is 0 Å². The van der Waals surface area contributed by atoms with Gasteiger partial charge in [0.1, 0.15) is 23.0 Å². The number of hydrogen-bond acceptors (Lipinski definition) is 4. The van der Waals surface area contributed by atoms with Crippen LogP contribution in [0.2, 0.25) is 0 Å². The van der Waals surface area contributed by atoms with Crippen molar-refractivity contribution in [3.63, 3.8) is 0 Å². The minimum absolute atomic E-state index is 0.0197. The van der Waals surface area contributed by atoms with Crippen LogP contribution in [0, 0.1) is 16.2 Å². The quantitative estimate of drug-likeness (QED) is 0.165. The summed E-state index contributed by atoms with van der Waals surface area (Å²) in [6.07, 6.45) is 5.70. The molecule has 4 rings (SSSR count). The molecule has 4 aromatic carbocycles. The van der Waals surface area contributed by atoms with Gasteiger partial charge >= 0.3 is 0 Å². The fourth-order valence-corrected chi connectivity index (χ4v) is 3.86. The van der Waals surface area contributed by atoms with E-state index in [9.17, 15) is 5.11 Å². The number of aryl methyl sites for hydroxylation is 1. The SMILES string of the molecule is C=C(O)/C=c1/cc(O)cc/c1=C/C.CC.CC(C)(C)C(C)(C)C.CCc1ccc(CC(C)(C)C)cc1.Oc1ccc2ccc(O)cc2c1. The Hall–Kier alpha value is -4.18. The second kappa shape index (κ2) is 20.2. The molecule has 0 bridgehead atoms. The van der Waals surface area contributed by atoms with Crippen molar-refractivity contribution < 1.29 is 20.4 Å². The van der Waals surface area contributed by atoms with E-state index in [-0.39, 0.29) is 23.0 Å². The number of benzene rings is 4. The van der Waals surface area contributed by atoms with Crippen LogP contribution in [0.15, 0.2) is 91.2 Å². The number of phenols is 3. The van der Waals surface area contributed by atoms with Gasteiger partial charge in [0, 0.05) is 0 Å². The van der Waals surface area contributed by atoms with E-state index in [0.717, 1.165) is 34.1 Å². The van der Waals surface area contributed by atoms with Crippen LogP contribution >= 0.6 is 0 Å². The van der Waals surface area contributed by atoms with Gasteiger partial charge in [0.05, 0.1) is 0 Å². The number of aromatic hydroxyl groups is 3. The standard InChI is InChI=1S/C13H20.C11H12O2.C10H8O2.C8H18.C2H6/c1-5-11-6-8-12(9-7-11)10-13(2,3)4;1-3-9-4-5-11(13)7-10(9)6-8(2)12;11-9-3-1-7-2-4-10(12)6-8(7)5-9;1-7(2,3)8(4,5)6;1-2/h6-9H,5,10H2,1-4H3;3-7,12-13H,2H2,1H3;1-6,11-12H;1-6H3;1-2H3/b;9-3-,10-6-;;;. The van der Waals surface area contributed by atoms with E-state index in [4.69, 9.17) is 15.3 Å². The predicted molar refractivity (Wildman–Crippen MR) is 210 cm³/mol. The number of allylic oxidation sites excluding steroid dienone is 1. The van der Waals surface area contributed by atoms with Gasteiger partial charge < -0.3 is 20.4 Å². The van der Waals surface area contributed by atoms with Gasteiger partial charge in [-0.1, -0.05) is 138 Å². The third kappa shape index (κ3) is 17.7. The van der Waals surface area contributed by atoms with E-state index in [0.29, 0.717) is 16.2 Å². The van der Waals surface area contributed by atoms with Gasteiger partial charge in [-0.25, -0.2) is 0 Å². The van der Waals surface area contributed by atoms with Crippen molar-refractivity contribution in [3.8, 4) is 17.2 Å². The number of hydrogen-bond donors (Lipinski definition) is 4. The fourth-order valence-electron chi connectivity index (χ4n) is 3.86. The first-order valence-corrected chi connectivity index (χ1v) is 17.0. The molecule has 0 atom stereocenters. The minimum Gasteiger partial charge on any atom is -0.509 e. The molecule has 4 N–H and O–H groups in total. The Morgan fingerprint density at radius 3 is 1.40 bits per heavy atom. The van der Waals surface area contributed by atoms with Gasteiger partial charge in [-0.2, -0.15) is 0 Å². The summed E-state index contributed by atoms with van der Waals surface area (Å²) >= 11 is 0. The molecule has 4 nitrogen and oxygen atoms in total. The number of aliphatic hydroxyl groups is 1. The molecule has 0 unspecified atom stereocenters. The highest BCUT2D eigenvalue weighted by molar-refractivity contribution is 5.85. The van der Waals surface area contributed by atoms with E-state index in [2.05, 4.69) is 100 Å². The Morgan fingerprint density at radius 1 is 0.604 bits per heavy atom. The van der Waals surface area contributed by atoms with Crippen molar-refractivity contribution in [1.82, 2.24) is 0 Å². The number of aliphatic hydroxyl groups excluding tert-OH is 1. The first-order valence-electron chi connectivity index (χ1n) is 17.0. The molecule has 0 saturated heterocycles. The molecule has 0 aliphatic rings. The second-order valence-corrected chi connectivity index (χ2v) is 14.9. The van der Waals surface area contributed by atoms with Crippen molar-refractivity contribution in [2.75, 3.05) is 0 Å². The lowest BCUT2D eigenvalue weighted by atomic mass is 9.71. The molecule has 0 aliphatic heterocycles. The van der Waals surface area contributed by atoms with Crippen LogP contribution in [0.25, 0.3) is 22.9 Å². The summed E-state index contributed by atoms with van der Waals surface area (Å²) in [5.41, 5.74) is 4.15. The summed E-state index contributed by atoms with van der Waals surface area (Å²) in [5, 5.41) is 40.0. The van der Waals surface area contributed by atoms with E-state index in [1.54, 1.807) is 42.5 Å². The summed E-state index contributed by atoms with van der Waals surface area (Å²) in [7, 11) is 0. The summed E-state index contributed by atoms with van der Waals surface area (Å²) in [6, 6.07) is 24.1. The lowest BCUT2D eigenvalue weighted by Gasteiger charge is -2.34. The number of fused-ring (bicyclic) bond motifs is 1. The monoisotopic (exact) mass is 656 g/mol. The van der Waals surface area contributed by atoms with Crippen molar-refractivity contribution in [1.29, 1.82) is 0 Å². The van der Waals surface area contributed by atoms with E-state index in [1.807, 2.05) is 39.0 Å². The summed E-state index contributed by atoms with van der Waals surface area (Å²) in [4.78, 5) is 0. The fraction of sp³-hybridized carbons (Fsp3) is 0.409. The summed E-state index contributed by atoms with van der Waals surface area (Å²) in [5.74, 6) is 0.591. The third-order valence-electron chi connectivity index (χ3n) is 7.93. The maximum Gasteiger partial charge on any atom is 0.116 e. The molecule has 0 aliphatic carbocycles. The summed E-state index contributed by atoms with van der Waals surface area (Å²) < 4.78 is 0. The molecule has 0 fully saturated rings. The van der Waals surface area contributed by atoms with Gasteiger partial charge in [-0.3, -0.25) is 0 Å². The average Bonchev–Trinajstić information content (AvgIpc) is 2.97. The smallest absolute Gasteiger partial charge is 0.116 e. The highest BCUT2D eigenvalue weighted by Gasteiger charge is 2.26. The normalized spacial score (nSPS) is 11.9. The molecule has 0 radical (unpaired) electrons. The van der Waals surface area contributed by atoms with Gasteiger partial charge in [-0.05, 0) is 111 Å². The highest BCUT2D eigenvalue weighted by Crippen LogP contribution is 2.36. The van der Waals surface area contributed by atoms with E-state index < -0.39 is 0 Å². The zero-order valence-corrected chi connectivity index (χ0v) is 32.1. The molecular weight excluding hydrogens is 592 g/mol. The lowest BCUT2D eigenvalue weighted by Crippen LogP contribution is -2.25. The van der Waals surface area contributed by atoms with E-state index in [1.165, 1.54) is 17.2 Å². The molecular formula is C44H64O4. The maximum atomic E-state index is 9.20. The minimum atomic E-state index is -0.0197. The van der Waals surface area contributed by atoms with Crippen molar-refractivity contribution >= 4 is 22.9 Å². The van der Waals surface area contributed by atoms with Crippen LogP contribution < -0.4 is 10.4 Å².